The topological polar surface area (TPSA) is 144 Å². The minimum atomic E-state index is -0.779. The number of nitrogens with one attached hydrogen (secondary N) is 2. The summed E-state index contributed by atoms with van der Waals surface area (Å²) >= 11 is 0. The molecule has 12 nitrogen and oxygen atoms in total. The van der Waals surface area contributed by atoms with Crippen LogP contribution in [0, 0.1) is 11.8 Å². The summed E-state index contributed by atoms with van der Waals surface area (Å²) in [5.74, 6) is 2.30. The summed E-state index contributed by atoms with van der Waals surface area (Å²) in [6, 6.07) is 4.52. The molecule has 2 fully saturated rings. The molecule has 178 valence electrons. The van der Waals surface area contributed by atoms with Crippen molar-refractivity contribution in [2.24, 2.45) is 18.9 Å². The first-order chi connectivity index (χ1) is 16.9. The lowest BCUT2D eigenvalue weighted by atomic mass is 10.2. The molecule has 6 rings (SSSR count). The largest absolute Gasteiger partial charge is 0.340 e. The zero-order chi connectivity index (χ0) is 24.3. The average Bonchev–Trinajstić information content (AvgIpc) is 3.25. The van der Waals surface area contributed by atoms with Gasteiger partial charge in [-0.1, -0.05) is 6.07 Å². The van der Waals surface area contributed by atoms with Crippen LogP contribution in [-0.4, -0.2) is 53.1 Å². The van der Waals surface area contributed by atoms with E-state index in [1.54, 1.807) is 31.5 Å². The fourth-order valence-electron chi connectivity index (χ4n) is 4.65. The maximum absolute atomic E-state index is 13.0. The lowest BCUT2D eigenvalue weighted by molar-refractivity contribution is -0.118. The minimum Gasteiger partial charge on any atom is -0.340 e. The van der Waals surface area contributed by atoms with Gasteiger partial charge in [0.25, 0.3) is 5.56 Å². The second kappa shape index (κ2) is 7.86. The molecule has 4 aromatic heterocycles. The summed E-state index contributed by atoms with van der Waals surface area (Å²) in [5.41, 5.74) is 0.549. The van der Waals surface area contributed by atoms with Gasteiger partial charge in [-0.05, 0) is 37.3 Å². The minimum absolute atomic E-state index is 0.143. The summed E-state index contributed by atoms with van der Waals surface area (Å²) in [4.78, 5) is 59.3. The normalized spacial score (nSPS) is 19.5. The zero-order valence-electron chi connectivity index (χ0n) is 19.2. The molecule has 12 heteroatoms. The van der Waals surface area contributed by atoms with Crippen molar-refractivity contribution in [3.8, 4) is 11.3 Å². The molecule has 3 atom stereocenters. The van der Waals surface area contributed by atoms with Crippen molar-refractivity contribution in [1.29, 1.82) is 0 Å². The molecule has 1 saturated carbocycles. The van der Waals surface area contributed by atoms with E-state index in [-0.39, 0.29) is 17.1 Å². The van der Waals surface area contributed by atoms with Crippen molar-refractivity contribution in [2.75, 3.05) is 23.3 Å². The molecular formula is C23H23N9O3. The lowest BCUT2D eigenvalue weighted by Gasteiger charge is -2.17. The Bertz CT molecular complexity index is 1560. The van der Waals surface area contributed by atoms with Crippen LogP contribution in [0.25, 0.3) is 22.4 Å². The Labute approximate surface area is 198 Å². The first-order valence-electron chi connectivity index (χ1n) is 11.4. The highest BCUT2D eigenvalue weighted by Crippen LogP contribution is 2.45. The van der Waals surface area contributed by atoms with Crippen LogP contribution in [-0.2, 0) is 11.8 Å². The first-order valence-corrected chi connectivity index (χ1v) is 11.4. The molecule has 1 amide bonds. The number of rotatable bonds is 5. The molecule has 1 aliphatic carbocycles. The molecule has 0 spiro atoms. The predicted octanol–water partition coefficient (Wildman–Crippen LogP) is 0.931. The number of piperidine rings is 1. The number of imidazole rings is 1. The van der Waals surface area contributed by atoms with Gasteiger partial charge in [0.2, 0.25) is 11.9 Å². The molecule has 2 unspecified atom stereocenters. The summed E-state index contributed by atoms with van der Waals surface area (Å²) in [6.45, 7) is 3.69. The van der Waals surface area contributed by atoms with Crippen LogP contribution < -0.4 is 21.5 Å². The smallest absolute Gasteiger partial charge is 0.329 e. The summed E-state index contributed by atoms with van der Waals surface area (Å²) in [6.07, 6.45) is 6.19. The lowest BCUT2D eigenvalue weighted by Crippen LogP contribution is -2.31. The van der Waals surface area contributed by atoms with Crippen LogP contribution >= 0.6 is 0 Å². The second-order valence-electron chi connectivity index (χ2n) is 9.15. The van der Waals surface area contributed by atoms with E-state index in [1.807, 2.05) is 6.07 Å². The number of aromatic nitrogens is 7. The molecule has 1 aliphatic heterocycles. The van der Waals surface area contributed by atoms with E-state index in [0.29, 0.717) is 11.5 Å². The number of hydrogen-bond donors (Lipinski definition) is 2. The number of amides is 1. The molecule has 2 aliphatic rings. The highest BCUT2D eigenvalue weighted by Gasteiger charge is 2.45. The number of carbonyl (C=O) groups excluding carboxylic acids is 1. The molecular weight excluding hydrogens is 450 g/mol. The van der Waals surface area contributed by atoms with Gasteiger partial charge < -0.3 is 14.8 Å². The van der Waals surface area contributed by atoms with Crippen LogP contribution in [0.1, 0.15) is 19.4 Å². The van der Waals surface area contributed by atoms with Crippen molar-refractivity contribution < 1.29 is 4.79 Å². The Morgan fingerprint density at radius 2 is 1.89 bits per heavy atom. The van der Waals surface area contributed by atoms with Gasteiger partial charge in [-0.2, -0.15) is 0 Å². The highest BCUT2D eigenvalue weighted by atomic mass is 16.2. The van der Waals surface area contributed by atoms with Gasteiger partial charge in [-0.15, -0.1) is 0 Å². The number of hydrogen-bond acceptors (Lipinski definition) is 8. The van der Waals surface area contributed by atoms with Crippen LogP contribution in [0.2, 0.25) is 0 Å². The van der Waals surface area contributed by atoms with E-state index in [0.717, 1.165) is 36.4 Å². The van der Waals surface area contributed by atoms with Gasteiger partial charge in [-0.25, -0.2) is 24.7 Å². The Morgan fingerprint density at radius 3 is 2.63 bits per heavy atom. The quantitative estimate of drug-likeness (QED) is 0.436. The van der Waals surface area contributed by atoms with Gasteiger partial charge in [0, 0.05) is 38.1 Å². The van der Waals surface area contributed by atoms with Gasteiger partial charge in [-0.3, -0.25) is 19.1 Å². The van der Waals surface area contributed by atoms with Crippen molar-refractivity contribution in [3.63, 3.8) is 0 Å². The van der Waals surface area contributed by atoms with E-state index in [9.17, 15) is 14.4 Å². The third-order valence-electron chi connectivity index (χ3n) is 6.83. The number of pyridine rings is 1. The van der Waals surface area contributed by atoms with Gasteiger partial charge in [0.1, 0.15) is 11.9 Å². The van der Waals surface area contributed by atoms with Crippen molar-refractivity contribution >= 4 is 28.8 Å². The Hall–Kier alpha value is -4.35. The zero-order valence-corrected chi connectivity index (χ0v) is 19.2. The third-order valence-corrected chi connectivity index (χ3v) is 6.83. The van der Waals surface area contributed by atoms with Gasteiger partial charge in [0.05, 0.1) is 12.0 Å². The molecule has 0 radical (unpaired) electrons. The predicted molar refractivity (Wildman–Crippen MR) is 128 cm³/mol. The van der Waals surface area contributed by atoms with E-state index in [4.69, 9.17) is 0 Å². The maximum Gasteiger partial charge on any atom is 0.329 e. The summed E-state index contributed by atoms with van der Waals surface area (Å²) < 4.78 is 2.66. The average molecular weight is 473 g/mol. The highest BCUT2D eigenvalue weighted by molar-refractivity contribution is 5.93. The molecule has 2 N–H and O–H groups in total. The fraction of sp³-hybridized carbons (Fsp3) is 0.348. The number of nitrogens with zero attached hydrogens (tertiary/aromatic N) is 7. The number of aryl methyl sites for hydroxylation is 1. The monoisotopic (exact) mass is 473 g/mol. The van der Waals surface area contributed by atoms with Crippen LogP contribution in [0.4, 0.5) is 11.8 Å². The molecule has 4 aromatic rings. The van der Waals surface area contributed by atoms with Crippen molar-refractivity contribution in [1.82, 2.24) is 34.1 Å². The number of aromatic amines is 1. The molecule has 0 aromatic carbocycles. The van der Waals surface area contributed by atoms with Gasteiger partial charge in [0.15, 0.2) is 11.2 Å². The van der Waals surface area contributed by atoms with Crippen LogP contribution in [0.15, 0.2) is 46.5 Å². The standard InChI is InChI=1S/C23H23N9O3/c1-12(32-11-26-19-18(32)21(34)29-23(35)30(19)2)20(33)28-17-5-3-4-16(27-17)15-7-24-22(25-8-15)31-9-13-6-14(13)10-31/h3-5,7-8,11-14H,6,9-10H2,1-2H3,(H,27,28,33)(H,29,34,35)/t12-,13?,14?/m0/s1. The van der Waals surface area contributed by atoms with Gasteiger partial charge >= 0.3 is 5.69 Å². The number of carbonyl (C=O) groups is 1. The van der Waals surface area contributed by atoms with Crippen LogP contribution in [0.3, 0.4) is 0 Å². The van der Waals surface area contributed by atoms with E-state index >= 15 is 0 Å². The molecule has 1 saturated heterocycles. The molecule has 35 heavy (non-hydrogen) atoms. The Kier molecular flexibility index (Phi) is 4.76. The first kappa shape index (κ1) is 21.2. The number of anilines is 2. The summed E-state index contributed by atoms with van der Waals surface area (Å²) in [7, 11) is 1.50. The Morgan fingerprint density at radius 1 is 1.14 bits per heavy atom. The maximum atomic E-state index is 13.0. The Balaban J connectivity index is 1.20. The molecule has 5 heterocycles. The third kappa shape index (κ3) is 3.66. The van der Waals surface area contributed by atoms with Crippen molar-refractivity contribution in [2.45, 2.75) is 19.4 Å². The van der Waals surface area contributed by atoms with E-state index < -0.39 is 17.3 Å². The molecule has 0 bridgehead atoms. The SMILES string of the molecule is C[C@@H](C(=O)Nc1cccc(-c2cnc(N3CC4CC4C3)nc2)n1)n1cnc2c1c(=O)[nH]c(=O)n2C. The second-order valence-corrected chi connectivity index (χ2v) is 9.15. The number of fused-ring (bicyclic) bond motifs is 2. The summed E-state index contributed by atoms with van der Waals surface area (Å²) in [5, 5.41) is 2.79. The van der Waals surface area contributed by atoms with E-state index in [2.05, 4.69) is 35.1 Å². The fourth-order valence-corrected chi connectivity index (χ4v) is 4.65. The van der Waals surface area contributed by atoms with Crippen molar-refractivity contribution in [3.05, 3.63) is 57.8 Å². The van der Waals surface area contributed by atoms with E-state index in [1.165, 1.54) is 28.9 Å². The number of H-pyrrole nitrogens is 1. The van der Waals surface area contributed by atoms with Crippen LogP contribution in [0.5, 0.6) is 0 Å².